The van der Waals surface area contributed by atoms with Crippen LogP contribution in [-0.4, -0.2) is 35.3 Å². The highest BCUT2D eigenvalue weighted by atomic mass is 35.5. The molecule has 0 radical (unpaired) electrons. The summed E-state index contributed by atoms with van der Waals surface area (Å²) in [4.78, 5) is 14.7. The third kappa shape index (κ3) is 5.03. The van der Waals surface area contributed by atoms with Crippen molar-refractivity contribution in [2.45, 2.75) is 12.6 Å². The number of rotatable bonds is 8. The predicted octanol–water partition coefficient (Wildman–Crippen LogP) is 0.956. The van der Waals surface area contributed by atoms with Crippen LogP contribution >= 0.6 is 11.6 Å². The van der Waals surface area contributed by atoms with Crippen molar-refractivity contribution in [3.05, 3.63) is 47.1 Å². The number of amides is 1. The number of aliphatic hydroxyl groups excluding tert-OH is 1. The van der Waals surface area contributed by atoms with E-state index in [1.165, 1.54) is 6.26 Å². The number of aliphatic hydroxyl groups is 1. The van der Waals surface area contributed by atoms with E-state index in [2.05, 4.69) is 10.3 Å². The van der Waals surface area contributed by atoms with E-state index in [9.17, 15) is 9.90 Å². The Morgan fingerprint density at radius 3 is 3.05 bits per heavy atom. The number of nitrogens with one attached hydrogen (secondary N) is 1. The highest BCUT2D eigenvalue weighted by Crippen LogP contribution is 2.17. The number of carbonyl (C=O) groups is 1. The van der Waals surface area contributed by atoms with Gasteiger partial charge in [0.05, 0.1) is 6.54 Å². The molecule has 4 N–H and O–H groups in total. The Balaban J connectivity index is 1.69. The third-order valence-electron chi connectivity index (χ3n) is 2.70. The van der Waals surface area contributed by atoms with Gasteiger partial charge in [-0.3, -0.25) is 4.79 Å². The fourth-order valence-corrected chi connectivity index (χ4v) is 1.84. The first-order valence-electron chi connectivity index (χ1n) is 6.56. The van der Waals surface area contributed by atoms with Gasteiger partial charge in [-0.25, -0.2) is 4.98 Å². The Morgan fingerprint density at radius 2 is 2.36 bits per heavy atom. The van der Waals surface area contributed by atoms with Crippen LogP contribution in [0.3, 0.4) is 0 Å². The van der Waals surface area contributed by atoms with Crippen LogP contribution in [0, 0.1) is 0 Å². The first kappa shape index (κ1) is 16.3. The highest BCUT2D eigenvalue weighted by Gasteiger charge is 2.10. The Kier molecular flexibility index (Phi) is 5.76. The van der Waals surface area contributed by atoms with Gasteiger partial charge in [0.25, 0.3) is 5.91 Å². The molecule has 2 aromatic rings. The molecule has 0 aliphatic carbocycles. The number of oxazole rings is 1. The van der Waals surface area contributed by atoms with Crippen molar-refractivity contribution in [2.24, 2.45) is 5.73 Å². The summed E-state index contributed by atoms with van der Waals surface area (Å²) in [7, 11) is 0. The van der Waals surface area contributed by atoms with Gasteiger partial charge in [0.15, 0.2) is 5.69 Å². The van der Waals surface area contributed by atoms with Crippen LogP contribution in [-0.2, 0) is 6.54 Å². The molecule has 1 heterocycles. The smallest absolute Gasteiger partial charge is 0.270 e. The summed E-state index contributed by atoms with van der Waals surface area (Å²) in [5, 5.41) is 13.3. The molecule has 0 fully saturated rings. The molecule has 1 unspecified atom stereocenters. The van der Waals surface area contributed by atoms with E-state index < -0.39 is 12.0 Å². The number of hydrogen-bond donors (Lipinski definition) is 3. The van der Waals surface area contributed by atoms with Gasteiger partial charge >= 0.3 is 0 Å². The van der Waals surface area contributed by atoms with E-state index >= 15 is 0 Å². The second kappa shape index (κ2) is 7.79. The number of primary amides is 1. The molecule has 1 aromatic heterocycles. The maximum Gasteiger partial charge on any atom is 0.270 e. The van der Waals surface area contributed by atoms with Crippen LogP contribution in [0.1, 0.15) is 16.4 Å². The maximum atomic E-state index is 10.9. The van der Waals surface area contributed by atoms with Crippen LogP contribution in [0.25, 0.3) is 0 Å². The van der Waals surface area contributed by atoms with Crippen LogP contribution < -0.4 is 15.8 Å². The standard InChI is InChI=1S/C14H16ClN3O4/c15-9-2-1-3-11(4-9)21-7-10(19)5-17-6-13-18-12(8-22-13)14(16)20/h1-4,8,10,17,19H,5-7H2,(H2,16,20). The van der Waals surface area contributed by atoms with E-state index in [4.69, 9.17) is 26.5 Å². The molecule has 1 atom stereocenters. The zero-order valence-corrected chi connectivity index (χ0v) is 12.4. The monoisotopic (exact) mass is 325 g/mol. The van der Waals surface area contributed by atoms with Gasteiger partial charge in [0, 0.05) is 11.6 Å². The van der Waals surface area contributed by atoms with Crippen molar-refractivity contribution in [1.29, 1.82) is 0 Å². The van der Waals surface area contributed by atoms with Gasteiger partial charge < -0.3 is 25.3 Å². The molecule has 0 saturated heterocycles. The number of carbonyl (C=O) groups excluding carboxylic acids is 1. The lowest BCUT2D eigenvalue weighted by Crippen LogP contribution is -2.31. The lowest BCUT2D eigenvalue weighted by molar-refractivity contribution is 0.0995. The van der Waals surface area contributed by atoms with Crippen molar-refractivity contribution in [1.82, 2.24) is 10.3 Å². The molecule has 8 heteroatoms. The lowest BCUT2D eigenvalue weighted by Gasteiger charge is -2.12. The zero-order chi connectivity index (χ0) is 15.9. The minimum Gasteiger partial charge on any atom is -0.491 e. The average Bonchev–Trinajstić information content (AvgIpc) is 2.94. The fourth-order valence-electron chi connectivity index (χ4n) is 1.66. The first-order chi connectivity index (χ1) is 10.5. The van der Waals surface area contributed by atoms with E-state index in [0.717, 1.165) is 0 Å². The number of nitrogens with zero attached hydrogens (tertiary/aromatic N) is 1. The van der Waals surface area contributed by atoms with Gasteiger partial charge in [-0.2, -0.15) is 0 Å². The Labute approximate surface area is 132 Å². The average molecular weight is 326 g/mol. The maximum absolute atomic E-state index is 10.9. The van der Waals surface area contributed by atoms with E-state index in [1.54, 1.807) is 24.3 Å². The summed E-state index contributed by atoms with van der Waals surface area (Å²) >= 11 is 5.83. The summed E-state index contributed by atoms with van der Waals surface area (Å²) in [6.45, 7) is 0.655. The normalized spacial score (nSPS) is 12.1. The van der Waals surface area contributed by atoms with E-state index in [0.29, 0.717) is 16.7 Å². The second-order valence-corrected chi connectivity index (χ2v) is 4.98. The summed E-state index contributed by atoms with van der Waals surface area (Å²) in [6, 6.07) is 6.92. The minimum atomic E-state index is -0.718. The Bertz CT molecular complexity index is 632. The van der Waals surface area contributed by atoms with Gasteiger partial charge in [-0.1, -0.05) is 17.7 Å². The Morgan fingerprint density at radius 1 is 1.55 bits per heavy atom. The predicted molar refractivity (Wildman–Crippen MR) is 79.7 cm³/mol. The first-order valence-corrected chi connectivity index (χ1v) is 6.93. The number of nitrogens with two attached hydrogens (primary N) is 1. The molecular formula is C14H16ClN3O4. The summed E-state index contributed by atoms with van der Waals surface area (Å²) < 4.78 is 10.5. The van der Waals surface area contributed by atoms with Crippen molar-refractivity contribution in [2.75, 3.05) is 13.2 Å². The fraction of sp³-hybridized carbons (Fsp3) is 0.286. The van der Waals surface area contributed by atoms with E-state index in [1.807, 2.05) is 0 Å². The third-order valence-corrected chi connectivity index (χ3v) is 2.93. The number of ether oxygens (including phenoxy) is 1. The van der Waals surface area contributed by atoms with Crippen molar-refractivity contribution in [3.8, 4) is 5.75 Å². The quantitative estimate of drug-likeness (QED) is 0.666. The number of hydrogen-bond acceptors (Lipinski definition) is 6. The lowest BCUT2D eigenvalue weighted by atomic mass is 10.3. The summed E-state index contributed by atoms with van der Waals surface area (Å²) in [6.07, 6.45) is 0.474. The molecule has 0 saturated carbocycles. The zero-order valence-electron chi connectivity index (χ0n) is 11.7. The van der Waals surface area contributed by atoms with Crippen molar-refractivity contribution in [3.63, 3.8) is 0 Å². The van der Waals surface area contributed by atoms with Gasteiger partial charge in [0.2, 0.25) is 5.89 Å². The van der Waals surface area contributed by atoms with Crippen molar-refractivity contribution >= 4 is 17.5 Å². The van der Waals surface area contributed by atoms with Crippen LogP contribution in [0.2, 0.25) is 5.02 Å². The summed E-state index contributed by atoms with van der Waals surface area (Å²) in [5.74, 6) is 0.257. The van der Waals surface area contributed by atoms with Crippen molar-refractivity contribution < 1.29 is 19.1 Å². The molecule has 1 aromatic carbocycles. The van der Waals surface area contributed by atoms with Gasteiger partial charge in [-0.05, 0) is 18.2 Å². The molecule has 22 heavy (non-hydrogen) atoms. The second-order valence-electron chi connectivity index (χ2n) is 4.54. The molecular weight excluding hydrogens is 310 g/mol. The molecule has 0 aliphatic heterocycles. The molecule has 118 valence electrons. The Hall–Kier alpha value is -2.09. The number of benzene rings is 1. The van der Waals surface area contributed by atoms with Crippen LogP contribution in [0.5, 0.6) is 5.75 Å². The SMILES string of the molecule is NC(=O)c1coc(CNCC(O)COc2cccc(Cl)c2)n1. The van der Waals surface area contributed by atoms with Gasteiger partial charge in [0.1, 0.15) is 24.7 Å². The number of aromatic nitrogens is 1. The largest absolute Gasteiger partial charge is 0.491 e. The molecule has 1 amide bonds. The molecule has 7 nitrogen and oxygen atoms in total. The number of halogens is 1. The molecule has 0 spiro atoms. The van der Waals surface area contributed by atoms with Crippen LogP contribution in [0.15, 0.2) is 34.9 Å². The molecule has 0 bridgehead atoms. The minimum absolute atomic E-state index is 0.0710. The topological polar surface area (TPSA) is 111 Å². The molecule has 2 rings (SSSR count). The van der Waals surface area contributed by atoms with E-state index in [-0.39, 0.29) is 25.4 Å². The summed E-state index contributed by atoms with van der Waals surface area (Å²) in [5.41, 5.74) is 5.13. The molecule has 0 aliphatic rings. The van der Waals surface area contributed by atoms with Gasteiger partial charge in [-0.15, -0.1) is 0 Å². The van der Waals surface area contributed by atoms with Crippen LogP contribution in [0.4, 0.5) is 0 Å². The highest BCUT2D eigenvalue weighted by molar-refractivity contribution is 6.30.